The van der Waals surface area contributed by atoms with Crippen molar-refractivity contribution in [1.82, 2.24) is 0 Å². The SMILES string of the molecule is CC/C=C\C/C=C\C/C=C\C/C=C\C/C=C\CC(=O)OC(COCCCCCCCCCCCCCC)COC(=O)CCCCCC/C=C\C/C=C\C/C=C\C/C=C\CC. The first kappa shape index (κ1) is 56.6. The van der Waals surface area contributed by atoms with Gasteiger partial charge in [0.2, 0.25) is 0 Å². The van der Waals surface area contributed by atoms with Crippen molar-refractivity contribution in [3.05, 3.63) is 109 Å². The number of allylic oxidation sites excluding steroid dienone is 17. The van der Waals surface area contributed by atoms with Crippen LogP contribution in [-0.4, -0.2) is 37.9 Å². The summed E-state index contributed by atoms with van der Waals surface area (Å²) in [4.78, 5) is 25.3. The third-order valence-corrected chi connectivity index (χ3v) is 9.84. The molecule has 0 N–H and O–H groups in total. The molecule has 0 spiro atoms. The summed E-state index contributed by atoms with van der Waals surface area (Å²) in [5.74, 6) is -0.576. The van der Waals surface area contributed by atoms with Gasteiger partial charge in [-0.25, -0.2) is 0 Å². The third-order valence-electron chi connectivity index (χ3n) is 9.84. The quantitative estimate of drug-likeness (QED) is 0.0348. The van der Waals surface area contributed by atoms with E-state index in [9.17, 15) is 9.59 Å². The van der Waals surface area contributed by atoms with Crippen molar-refractivity contribution in [2.45, 2.75) is 207 Å². The molecular weight excluding hydrogens is 741 g/mol. The summed E-state index contributed by atoms with van der Waals surface area (Å²) < 4.78 is 17.2. The van der Waals surface area contributed by atoms with Crippen LogP contribution >= 0.6 is 0 Å². The number of unbranched alkanes of at least 4 members (excludes halogenated alkanes) is 15. The maximum atomic E-state index is 12.7. The molecule has 0 aliphatic rings. The van der Waals surface area contributed by atoms with Gasteiger partial charge < -0.3 is 14.2 Å². The van der Waals surface area contributed by atoms with Gasteiger partial charge in [-0.2, -0.15) is 0 Å². The minimum Gasteiger partial charge on any atom is -0.462 e. The van der Waals surface area contributed by atoms with Crippen LogP contribution in [0, 0.1) is 0 Å². The molecular formula is C55H90O5. The Kier molecular flexibility index (Phi) is 47.1. The highest BCUT2D eigenvalue weighted by Gasteiger charge is 2.17. The van der Waals surface area contributed by atoms with Gasteiger partial charge in [0.15, 0.2) is 6.10 Å². The zero-order valence-electron chi connectivity index (χ0n) is 38.9. The number of rotatable bonds is 43. The van der Waals surface area contributed by atoms with Crippen LogP contribution in [0.15, 0.2) is 109 Å². The van der Waals surface area contributed by atoms with Crippen LogP contribution in [0.5, 0.6) is 0 Å². The molecule has 0 bridgehead atoms. The topological polar surface area (TPSA) is 61.8 Å². The van der Waals surface area contributed by atoms with Crippen LogP contribution in [0.25, 0.3) is 0 Å². The first-order valence-corrected chi connectivity index (χ1v) is 24.4. The molecule has 0 aliphatic heterocycles. The average Bonchev–Trinajstić information content (AvgIpc) is 3.25. The number of esters is 2. The van der Waals surface area contributed by atoms with E-state index in [2.05, 4.69) is 118 Å². The fraction of sp³-hybridized carbons (Fsp3) is 0.636. The summed E-state index contributed by atoms with van der Waals surface area (Å²) in [6.45, 7) is 7.46. The Morgan fingerprint density at radius 3 is 1.28 bits per heavy atom. The van der Waals surface area contributed by atoms with Gasteiger partial charge in [0, 0.05) is 13.0 Å². The predicted molar refractivity (Wildman–Crippen MR) is 260 cm³/mol. The van der Waals surface area contributed by atoms with Gasteiger partial charge in [-0.1, -0.05) is 214 Å². The van der Waals surface area contributed by atoms with Crippen LogP contribution in [0.3, 0.4) is 0 Å². The summed E-state index contributed by atoms with van der Waals surface area (Å²) in [5.41, 5.74) is 0. The van der Waals surface area contributed by atoms with E-state index in [1.807, 2.05) is 12.2 Å². The van der Waals surface area contributed by atoms with E-state index in [1.54, 1.807) is 0 Å². The molecule has 60 heavy (non-hydrogen) atoms. The smallest absolute Gasteiger partial charge is 0.310 e. The van der Waals surface area contributed by atoms with Crippen molar-refractivity contribution in [3.63, 3.8) is 0 Å². The molecule has 0 heterocycles. The molecule has 5 nitrogen and oxygen atoms in total. The van der Waals surface area contributed by atoms with E-state index >= 15 is 0 Å². The maximum Gasteiger partial charge on any atom is 0.310 e. The minimum atomic E-state index is -0.604. The zero-order valence-corrected chi connectivity index (χ0v) is 38.9. The van der Waals surface area contributed by atoms with Crippen molar-refractivity contribution in [2.75, 3.05) is 19.8 Å². The van der Waals surface area contributed by atoms with Crippen molar-refractivity contribution in [3.8, 4) is 0 Å². The predicted octanol–water partition coefficient (Wildman–Crippen LogP) is 16.4. The Morgan fingerprint density at radius 1 is 0.400 bits per heavy atom. The Balaban J connectivity index is 4.44. The van der Waals surface area contributed by atoms with E-state index in [4.69, 9.17) is 14.2 Å². The number of carbonyl (C=O) groups excluding carboxylic acids is 2. The van der Waals surface area contributed by atoms with Gasteiger partial charge in [-0.15, -0.1) is 0 Å². The van der Waals surface area contributed by atoms with Crippen molar-refractivity contribution in [2.24, 2.45) is 0 Å². The minimum absolute atomic E-state index is 0.0283. The lowest BCUT2D eigenvalue weighted by molar-refractivity contribution is -0.162. The molecule has 0 saturated carbocycles. The Hall–Kier alpha value is -3.44. The Labute approximate surface area is 370 Å². The van der Waals surface area contributed by atoms with Crippen LogP contribution < -0.4 is 0 Å². The zero-order chi connectivity index (χ0) is 43.5. The lowest BCUT2D eigenvalue weighted by Crippen LogP contribution is -2.29. The molecule has 0 fully saturated rings. The Bertz CT molecular complexity index is 1210. The van der Waals surface area contributed by atoms with Crippen molar-refractivity contribution >= 4 is 11.9 Å². The standard InChI is InChI=1S/C55H90O5/c1-4-7-10-13-16-19-22-25-27-28-30-31-33-36-39-42-45-48-54(56)59-52-53(51-58-50-47-44-41-38-35-24-21-18-15-12-9-6-3)60-55(57)49-46-43-40-37-34-32-29-26-23-20-17-14-11-8-5-2/h7-8,10-11,16-17,19-20,25-27,29-31,34,37,43,46,53H,4-6,9,12-15,18,21-24,28,32-33,35-36,38-42,44-45,47-52H2,1-3H3/b10-7-,11-8-,19-16-,20-17-,27-25-,29-26-,31-30-,37-34-,46-43-. The summed E-state index contributed by atoms with van der Waals surface area (Å²) in [6.07, 6.45) is 68.3. The molecule has 1 unspecified atom stereocenters. The summed E-state index contributed by atoms with van der Waals surface area (Å²) in [6, 6.07) is 0. The highest BCUT2D eigenvalue weighted by atomic mass is 16.6. The average molecular weight is 831 g/mol. The number of ether oxygens (including phenoxy) is 3. The van der Waals surface area contributed by atoms with Gasteiger partial charge in [0.25, 0.3) is 0 Å². The van der Waals surface area contributed by atoms with E-state index in [1.165, 1.54) is 64.2 Å². The van der Waals surface area contributed by atoms with Gasteiger partial charge in [0.1, 0.15) is 6.61 Å². The lowest BCUT2D eigenvalue weighted by atomic mass is 10.1. The molecule has 5 heteroatoms. The highest BCUT2D eigenvalue weighted by molar-refractivity contribution is 5.71. The summed E-state index contributed by atoms with van der Waals surface area (Å²) in [7, 11) is 0. The van der Waals surface area contributed by atoms with E-state index in [0.717, 1.165) is 103 Å². The molecule has 0 rings (SSSR count). The maximum absolute atomic E-state index is 12.7. The largest absolute Gasteiger partial charge is 0.462 e. The highest BCUT2D eigenvalue weighted by Crippen LogP contribution is 2.13. The summed E-state index contributed by atoms with van der Waals surface area (Å²) in [5, 5.41) is 0. The first-order valence-electron chi connectivity index (χ1n) is 24.4. The second-order valence-electron chi connectivity index (χ2n) is 15.6. The van der Waals surface area contributed by atoms with Gasteiger partial charge in [-0.3, -0.25) is 9.59 Å². The van der Waals surface area contributed by atoms with Crippen LogP contribution in [0.4, 0.5) is 0 Å². The molecule has 1 atom stereocenters. The number of hydrogen-bond donors (Lipinski definition) is 0. The van der Waals surface area contributed by atoms with E-state index in [-0.39, 0.29) is 31.6 Å². The van der Waals surface area contributed by atoms with Crippen molar-refractivity contribution in [1.29, 1.82) is 0 Å². The molecule has 0 aromatic rings. The normalized spacial score (nSPS) is 13.2. The fourth-order valence-electron chi connectivity index (χ4n) is 6.28. The van der Waals surface area contributed by atoms with Gasteiger partial charge >= 0.3 is 11.9 Å². The van der Waals surface area contributed by atoms with Gasteiger partial charge in [-0.05, 0) is 83.5 Å². The van der Waals surface area contributed by atoms with Gasteiger partial charge in [0.05, 0.1) is 13.0 Å². The Morgan fingerprint density at radius 2 is 0.800 bits per heavy atom. The molecule has 0 amide bonds. The second-order valence-corrected chi connectivity index (χ2v) is 15.6. The monoisotopic (exact) mass is 831 g/mol. The second kappa shape index (κ2) is 49.9. The molecule has 0 saturated heterocycles. The third kappa shape index (κ3) is 47.2. The molecule has 0 aromatic heterocycles. The molecule has 340 valence electrons. The van der Waals surface area contributed by atoms with Crippen LogP contribution in [-0.2, 0) is 23.8 Å². The first-order chi connectivity index (χ1) is 29.6. The molecule has 0 radical (unpaired) electrons. The fourth-order valence-corrected chi connectivity index (χ4v) is 6.28. The van der Waals surface area contributed by atoms with E-state index in [0.29, 0.717) is 13.0 Å². The van der Waals surface area contributed by atoms with Crippen molar-refractivity contribution < 1.29 is 23.8 Å². The van der Waals surface area contributed by atoms with Crippen LogP contribution in [0.1, 0.15) is 201 Å². The van der Waals surface area contributed by atoms with E-state index < -0.39 is 6.10 Å². The number of carbonyl (C=O) groups is 2. The van der Waals surface area contributed by atoms with Crippen LogP contribution in [0.2, 0.25) is 0 Å². The number of hydrogen-bond acceptors (Lipinski definition) is 5. The summed E-state index contributed by atoms with van der Waals surface area (Å²) >= 11 is 0. The lowest BCUT2D eigenvalue weighted by Gasteiger charge is -2.18. The molecule has 0 aromatic carbocycles. The molecule has 0 aliphatic carbocycles.